The second kappa shape index (κ2) is 5.30. The molecule has 2 rings (SSSR count). The smallest absolute Gasteiger partial charge is 0.275 e. The molecule has 1 aliphatic heterocycles. The molecule has 1 aliphatic rings. The van der Waals surface area contributed by atoms with Crippen LogP contribution < -0.4 is 5.14 Å². The lowest BCUT2D eigenvalue weighted by Gasteiger charge is -2.19. The van der Waals surface area contributed by atoms with Crippen molar-refractivity contribution in [1.82, 2.24) is 15.1 Å². The summed E-state index contributed by atoms with van der Waals surface area (Å²) in [5.41, 5.74) is 0.197. The molecule has 2 heterocycles. The monoisotopic (exact) mass is 286 g/mol. The number of H-pyrrole nitrogens is 1. The van der Waals surface area contributed by atoms with Crippen LogP contribution in [-0.4, -0.2) is 42.5 Å². The lowest BCUT2D eigenvalue weighted by atomic mass is 10.2. The molecule has 19 heavy (non-hydrogen) atoms. The second-order valence-electron chi connectivity index (χ2n) is 4.78. The summed E-state index contributed by atoms with van der Waals surface area (Å²) in [6.45, 7) is 2.80. The topological polar surface area (TPSA) is 109 Å². The number of primary sulfonamides is 1. The van der Waals surface area contributed by atoms with Crippen LogP contribution in [-0.2, 0) is 10.0 Å². The van der Waals surface area contributed by atoms with Gasteiger partial charge in [-0.25, -0.2) is 13.6 Å². The number of hydrogen-bond donors (Lipinski definition) is 2. The Labute approximate surface area is 112 Å². The molecule has 0 spiro atoms. The van der Waals surface area contributed by atoms with Crippen LogP contribution in [0.25, 0.3) is 0 Å². The molecule has 1 saturated heterocycles. The Kier molecular flexibility index (Phi) is 3.91. The number of nitrogens with one attached hydrogen (secondary N) is 1. The zero-order chi connectivity index (χ0) is 14.0. The third-order valence-corrected chi connectivity index (χ3v) is 4.34. The number of likely N-dealkylation sites (tertiary alicyclic amines) is 1. The van der Waals surface area contributed by atoms with E-state index in [4.69, 9.17) is 5.14 Å². The van der Waals surface area contributed by atoms with Gasteiger partial charge < -0.3 is 4.90 Å². The fourth-order valence-corrected chi connectivity index (χ4v) is 3.21. The molecule has 0 saturated carbocycles. The van der Waals surface area contributed by atoms with Crippen molar-refractivity contribution in [1.29, 1.82) is 0 Å². The van der Waals surface area contributed by atoms with E-state index in [-0.39, 0.29) is 16.5 Å². The van der Waals surface area contributed by atoms with Gasteiger partial charge >= 0.3 is 0 Å². The number of nitrogens with zero attached hydrogens (tertiary/aromatic N) is 2. The molecule has 1 aromatic heterocycles. The number of amides is 1. The highest BCUT2D eigenvalue weighted by atomic mass is 32.2. The van der Waals surface area contributed by atoms with E-state index in [0.717, 1.165) is 25.7 Å². The summed E-state index contributed by atoms with van der Waals surface area (Å²) in [6, 6.07) is 0. The fourth-order valence-electron chi connectivity index (χ4n) is 2.34. The first-order chi connectivity index (χ1) is 8.91. The highest BCUT2D eigenvalue weighted by molar-refractivity contribution is 7.89. The normalized spacial score (nSPS) is 17.3. The molecule has 1 aromatic rings. The fraction of sp³-hybridized carbons (Fsp3) is 0.636. The number of sulfonamides is 1. The molecule has 0 aromatic carbocycles. The van der Waals surface area contributed by atoms with Crippen LogP contribution in [0.15, 0.2) is 4.90 Å². The number of hydrogen-bond acceptors (Lipinski definition) is 4. The van der Waals surface area contributed by atoms with Crippen molar-refractivity contribution in [3.63, 3.8) is 0 Å². The van der Waals surface area contributed by atoms with Crippen molar-refractivity contribution < 1.29 is 13.2 Å². The molecule has 1 fully saturated rings. The van der Waals surface area contributed by atoms with Crippen molar-refractivity contribution in [3.8, 4) is 0 Å². The van der Waals surface area contributed by atoms with E-state index >= 15 is 0 Å². The Morgan fingerprint density at radius 3 is 2.37 bits per heavy atom. The quantitative estimate of drug-likeness (QED) is 0.819. The van der Waals surface area contributed by atoms with Crippen LogP contribution >= 0.6 is 0 Å². The number of carbonyl (C=O) groups excluding carboxylic acids is 1. The van der Waals surface area contributed by atoms with Gasteiger partial charge in [-0.1, -0.05) is 12.8 Å². The van der Waals surface area contributed by atoms with Crippen molar-refractivity contribution >= 4 is 15.9 Å². The highest BCUT2D eigenvalue weighted by Crippen LogP contribution is 2.19. The Morgan fingerprint density at radius 2 is 1.84 bits per heavy atom. The average Bonchev–Trinajstić information content (AvgIpc) is 2.57. The minimum absolute atomic E-state index is 0.0955. The Morgan fingerprint density at radius 1 is 1.26 bits per heavy atom. The Bertz CT molecular complexity index is 571. The third-order valence-electron chi connectivity index (χ3n) is 3.27. The minimum Gasteiger partial charge on any atom is -0.337 e. The van der Waals surface area contributed by atoms with Crippen LogP contribution in [0.3, 0.4) is 0 Å². The molecule has 1 amide bonds. The molecule has 8 heteroatoms. The molecule has 3 N–H and O–H groups in total. The van der Waals surface area contributed by atoms with Crippen LogP contribution in [0.1, 0.15) is 41.9 Å². The predicted molar refractivity (Wildman–Crippen MR) is 69.1 cm³/mol. The zero-order valence-corrected chi connectivity index (χ0v) is 11.7. The van der Waals surface area contributed by atoms with Gasteiger partial charge in [0.05, 0.1) is 5.69 Å². The summed E-state index contributed by atoms with van der Waals surface area (Å²) >= 11 is 0. The van der Waals surface area contributed by atoms with Crippen molar-refractivity contribution in [2.45, 2.75) is 37.5 Å². The first kappa shape index (κ1) is 14.0. The van der Waals surface area contributed by atoms with Gasteiger partial charge in [0.25, 0.3) is 5.91 Å². The molecular weight excluding hydrogens is 268 g/mol. The summed E-state index contributed by atoms with van der Waals surface area (Å²) in [6.07, 6.45) is 4.04. The van der Waals surface area contributed by atoms with Gasteiger partial charge in [-0.3, -0.25) is 9.89 Å². The number of carbonyl (C=O) groups is 1. The number of aryl methyl sites for hydroxylation is 1. The lowest BCUT2D eigenvalue weighted by molar-refractivity contribution is 0.0752. The van der Waals surface area contributed by atoms with Crippen LogP contribution in [0.2, 0.25) is 0 Å². The molecular formula is C11H18N4O3S. The summed E-state index contributed by atoms with van der Waals surface area (Å²) in [7, 11) is -3.95. The van der Waals surface area contributed by atoms with Crippen LogP contribution in [0.4, 0.5) is 0 Å². The third kappa shape index (κ3) is 2.95. The standard InChI is InChI=1S/C11H18N4O3S/c1-8-10(19(12,17)18)9(14-13-8)11(16)15-6-4-2-3-5-7-15/h2-7H2,1H3,(H,13,14)(H2,12,17,18). The van der Waals surface area contributed by atoms with Gasteiger partial charge in [-0.05, 0) is 19.8 Å². The number of rotatable bonds is 2. The van der Waals surface area contributed by atoms with Gasteiger partial charge in [-0.15, -0.1) is 0 Å². The largest absolute Gasteiger partial charge is 0.337 e. The van der Waals surface area contributed by atoms with E-state index in [2.05, 4.69) is 10.2 Å². The van der Waals surface area contributed by atoms with E-state index < -0.39 is 10.0 Å². The number of nitrogens with two attached hydrogens (primary N) is 1. The molecule has 0 radical (unpaired) electrons. The van der Waals surface area contributed by atoms with Gasteiger partial charge in [0.15, 0.2) is 5.69 Å². The van der Waals surface area contributed by atoms with Crippen molar-refractivity contribution in [2.24, 2.45) is 5.14 Å². The molecule has 106 valence electrons. The van der Waals surface area contributed by atoms with Gasteiger partial charge in [0.1, 0.15) is 4.90 Å². The minimum atomic E-state index is -3.95. The molecule has 0 bridgehead atoms. The van der Waals surface area contributed by atoms with Crippen LogP contribution in [0.5, 0.6) is 0 Å². The average molecular weight is 286 g/mol. The predicted octanol–water partition coefficient (Wildman–Crippen LogP) is 0.382. The Hall–Kier alpha value is -1.41. The maximum atomic E-state index is 12.4. The maximum Gasteiger partial charge on any atom is 0.275 e. The number of aromatic nitrogens is 2. The van der Waals surface area contributed by atoms with Gasteiger partial charge in [0.2, 0.25) is 10.0 Å². The zero-order valence-electron chi connectivity index (χ0n) is 10.8. The van der Waals surface area contributed by atoms with E-state index in [1.165, 1.54) is 6.92 Å². The van der Waals surface area contributed by atoms with E-state index in [0.29, 0.717) is 18.8 Å². The molecule has 0 unspecified atom stereocenters. The van der Waals surface area contributed by atoms with E-state index in [9.17, 15) is 13.2 Å². The molecule has 0 aliphatic carbocycles. The van der Waals surface area contributed by atoms with Crippen LogP contribution in [0, 0.1) is 6.92 Å². The maximum absolute atomic E-state index is 12.4. The lowest BCUT2D eigenvalue weighted by Crippen LogP contribution is -2.33. The molecule has 7 nitrogen and oxygen atoms in total. The SMILES string of the molecule is Cc1[nH]nc(C(=O)N2CCCCCC2)c1S(N)(=O)=O. The Balaban J connectivity index is 2.34. The van der Waals surface area contributed by atoms with E-state index in [1.807, 2.05) is 0 Å². The van der Waals surface area contributed by atoms with Gasteiger partial charge in [-0.2, -0.15) is 5.10 Å². The van der Waals surface area contributed by atoms with Crippen molar-refractivity contribution in [3.05, 3.63) is 11.4 Å². The summed E-state index contributed by atoms with van der Waals surface area (Å²) in [4.78, 5) is 13.8. The summed E-state index contributed by atoms with van der Waals surface area (Å²) < 4.78 is 23.1. The summed E-state index contributed by atoms with van der Waals surface area (Å²) in [5, 5.41) is 11.5. The molecule has 0 atom stereocenters. The van der Waals surface area contributed by atoms with Crippen molar-refractivity contribution in [2.75, 3.05) is 13.1 Å². The first-order valence-electron chi connectivity index (χ1n) is 6.28. The highest BCUT2D eigenvalue weighted by Gasteiger charge is 2.29. The second-order valence-corrected chi connectivity index (χ2v) is 6.28. The van der Waals surface area contributed by atoms with E-state index in [1.54, 1.807) is 4.90 Å². The van der Waals surface area contributed by atoms with Gasteiger partial charge in [0, 0.05) is 13.1 Å². The first-order valence-corrected chi connectivity index (χ1v) is 7.83. The summed E-state index contributed by atoms with van der Waals surface area (Å²) in [5.74, 6) is -0.365. The number of aromatic amines is 1.